The molecule has 4 nitrogen and oxygen atoms in total. The van der Waals surface area contributed by atoms with Gasteiger partial charge < -0.3 is 10.0 Å². The van der Waals surface area contributed by atoms with E-state index in [-0.39, 0.29) is 18.6 Å². The van der Waals surface area contributed by atoms with Crippen LogP contribution in [0.5, 0.6) is 0 Å². The molecule has 0 radical (unpaired) electrons. The van der Waals surface area contributed by atoms with Crippen molar-refractivity contribution in [3.8, 4) is 0 Å². The molecule has 2 rings (SSSR count). The second kappa shape index (κ2) is 5.47. The molecule has 1 aliphatic carbocycles. The fraction of sp³-hybridized carbons (Fsp3) is 0.500. The van der Waals surface area contributed by atoms with Gasteiger partial charge in [-0.25, -0.2) is 4.98 Å². The molecule has 1 aromatic rings. The molecule has 1 fully saturated rings. The summed E-state index contributed by atoms with van der Waals surface area (Å²) in [7, 11) is 0. The van der Waals surface area contributed by atoms with E-state index >= 15 is 0 Å². The largest absolute Gasteiger partial charge is 0.395 e. The number of carbonyl (C=O) groups is 1. The second-order valence-corrected chi connectivity index (χ2v) is 4.54. The van der Waals surface area contributed by atoms with Crippen molar-refractivity contribution in [2.24, 2.45) is 0 Å². The van der Waals surface area contributed by atoms with Crippen LogP contribution in [-0.2, 0) is 0 Å². The highest BCUT2D eigenvalue weighted by Crippen LogP contribution is 2.25. The van der Waals surface area contributed by atoms with Gasteiger partial charge in [-0.1, -0.05) is 17.7 Å². The number of amides is 1. The Bertz CT molecular complexity index is 407. The van der Waals surface area contributed by atoms with Gasteiger partial charge in [-0.15, -0.1) is 0 Å². The number of hydrogen-bond acceptors (Lipinski definition) is 3. The number of halogens is 1. The van der Waals surface area contributed by atoms with E-state index in [1.54, 1.807) is 23.1 Å². The van der Waals surface area contributed by atoms with Crippen molar-refractivity contribution in [3.05, 3.63) is 29.0 Å². The van der Waals surface area contributed by atoms with Gasteiger partial charge in [0.25, 0.3) is 5.91 Å². The summed E-state index contributed by atoms with van der Waals surface area (Å²) in [5.41, 5.74) is 0.345. The Morgan fingerprint density at radius 1 is 1.53 bits per heavy atom. The molecule has 0 bridgehead atoms. The molecule has 0 aliphatic heterocycles. The highest BCUT2D eigenvalue weighted by atomic mass is 35.5. The van der Waals surface area contributed by atoms with Gasteiger partial charge in [0, 0.05) is 12.6 Å². The molecule has 1 saturated carbocycles. The van der Waals surface area contributed by atoms with E-state index in [0.29, 0.717) is 17.4 Å². The Kier molecular flexibility index (Phi) is 3.97. The molecule has 0 saturated heterocycles. The first-order valence-electron chi connectivity index (χ1n) is 5.77. The summed E-state index contributed by atoms with van der Waals surface area (Å²) < 4.78 is 0. The minimum atomic E-state index is -0.147. The maximum Gasteiger partial charge on any atom is 0.272 e. The van der Waals surface area contributed by atoms with Gasteiger partial charge in [-0.3, -0.25) is 4.79 Å². The zero-order chi connectivity index (χ0) is 12.3. The molecule has 0 aromatic carbocycles. The number of aromatic nitrogens is 1. The Morgan fingerprint density at radius 2 is 2.29 bits per heavy atom. The van der Waals surface area contributed by atoms with Crippen molar-refractivity contribution in [1.82, 2.24) is 9.88 Å². The topological polar surface area (TPSA) is 53.4 Å². The number of nitrogens with zero attached hydrogens (tertiary/aromatic N) is 2. The van der Waals surface area contributed by atoms with Crippen LogP contribution in [0.15, 0.2) is 18.2 Å². The van der Waals surface area contributed by atoms with Crippen LogP contribution in [0.2, 0.25) is 5.15 Å². The molecular weight excluding hydrogens is 240 g/mol. The number of rotatable bonds is 4. The number of aliphatic hydroxyl groups is 1. The molecule has 0 unspecified atom stereocenters. The molecule has 0 spiro atoms. The molecule has 0 atom stereocenters. The third kappa shape index (κ3) is 2.76. The molecule has 92 valence electrons. The zero-order valence-corrected chi connectivity index (χ0v) is 10.2. The maximum absolute atomic E-state index is 12.2. The van der Waals surface area contributed by atoms with Crippen LogP contribution >= 0.6 is 11.6 Å². The van der Waals surface area contributed by atoms with E-state index < -0.39 is 0 Å². The average molecular weight is 255 g/mol. The van der Waals surface area contributed by atoms with Crippen LogP contribution in [0.1, 0.15) is 29.8 Å². The van der Waals surface area contributed by atoms with Gasteiger partial charge in [0.15, 0.2) is 0 Å². The molecule has 1 N–H and O–H groups in total. The minimum absolute atomic E-state index is 0.0250. The minimum Gasteiger partial charge on any atom is -0.395 e. The van der Waals surface area contributed by atoms with Crippen molar-refractivity contribution in [1.29, 1.82) is 0 Å². The predicted molar refractivity (Wildman–Crippen MR) is 65.0 cm³/mol. The van der Waals surface area contributed by atoms with E-state index in [2.05, 4.69) is 4.98 Å². The number of hydrogen-bond donors (Lipinski definition) is 1. The van der Waals surface area contributed by atoms with Crippen molar-refractivity contribution >= 4 is 17.5 Å². The second-order valence-electron chi connectivity index (χ2n) is 4.15. The third-order valence-electron chi connectivity index (χ3n) is 3.05. The lowest BCUT2D eigenvalue weighted by Crippen LogP contribution is -2.45. The van der Waals surface area contributed by atoms with E-state index in [9.17, 15) is 4.79 Å². The molecule has 1 aliphatic rings. The zero-order valence-electron chi connectivity index (χ0n) is 9.47. The molecule has 1 aromatic heterocycles. The van der Waals surface area contributed by atoms with Gasteiger partial charge in [0.05, 0.1) is 6.61 Å². The summed E-state index contributed by atoms with van der Waals surface area (Å²) in [6, 6.07) is 5.24. The Morgan fingerprint density at radius 3 is 2.82 bits per heavy atom. The first kappa shape index (κ1) is 12.3. The van der Waals surface area contributed by atoms with Gasteiger partial charge in [-0.05, 0) is 31.4 Å². The average Bonchev–Trinajstić information content (AvgIpc) is 2.25. The van der Waals surface area contributed by atoms with Crippen molar-refractivity contribution in [2.45, 2.75) is 25.3 Å². The Hall–Kier alpha value is -1.13. The summed E-state index contributed by atoms with van der Waals surface area (Å²) >= 11 is 5.77. The summed E-state index contributed by atoms with van der Waals surface area (Å²) in [6.45, 7) is 0.334. The monoisotopic (exact) mass is 254 g/mol. The molecule has 5 heteroatoms. The smallest absolute Gasteiger partial charge is 0.272 e. The van der Waals surface area contributed by atoms with E-state index in [1.807, 2.05) is 0 Å². The summed E-state index contributed by atoms with van der Waals surface area (Å²) in [4.78, 5) is 17.9. The van der Waals surface area contributed by atoms with Crippen LogP contribution in [0.4, 0.5) is 0 Å². The van der Waals surface area contributed by atoms with Crippen molar-refractivity contribution in [2.75, 3.05) is 13.2 Å². The first-order valence-corrected chi connectivity index (χ1v) is 6.14. The van der Waals surface area contributed by atoms with Crippen LogP contribution in [0.25, 0.3) is 0 Å². The van der Waals surface area contributed by atoms with Crippen LogP contribution in [0.3, 0.4) is 0 Å². The van der Waals surface area contributed by atoms with Crippen LogP contribution in [-0.4, -0.2) is 40.1 Å². The van der Waals surface area contributed by atoms with Gasteiger partial charge in [-0.2, -0.15) is 0 Å². The third-order valence-corrected chi connectivity index (χ3v) is 3.26. The van der Waals surface area contributed by atoms with Crippen LogP contribution < -0.4 is 0 Å². The molecule has 1 amide bonds. The maximum atomic E-state index is 12.2. The SMILES string of the molecule is O=C(c1cccc(Cl)n1)N(CCO)C1CCC1. The lowest BCUT2D eigenvalue weighted by molar-refractivity contribution is 0.0520. The highest BCUT2D eigenvalue weighted by molar-refractivity contribution is 6.29. The fourth-order valence-corrected chi connectivity index (χ4v) is 2.09. The molecule has 17 heavy (non-hydrogen) atoms. The molecular formula is C12H15ClN2O2. The number of pyridine rings is 1. The van der Waals surface area contributed by atoms with Crippen molar-refractivity contribution in [3.63, 3.8) is 0 Å². The lowest BCUT2D eigenvalue weighted by atomic mass is 9.91. The van der Waals surface area contributed by atoms with Crippen LogP contribution in [0, 0.1) is 0 Å². The standard InChI is InChI=1S/C12H15ClN2O2/c13-11-6-2-5-10(14-11)12(17)15(7-8-16)9-3-1-4-9/h2,5-6,9,16H,1,3-4,7-8H2. The van der Waals surface area contributed by atoms with Gasteiger partial charge in [0.1, 0.15) is 10.8 Å². The van der Waals surface area contributed by atoms with Crippen molar-refractivity contribution < 1.29 is 9.90 Å². The summed E-state index contributed by atoms with van der Waals surface area (Å²) in [6.07, 6.45) is 3.15. The predicted octanol–water partition coefficient (Wildman–Crippen LogP) is 1.72. The summed E-state index contributed by atoms with van der Waals surface area (Å²) in [5.74, 6) is -0.147. The summed E-state index contributed by atoms with van der Waals surface area (Å²) in [5, 5.41) is 9.33. The highest BCUT2D eigenvalue weighted by Gasteiger charge is 2.29. The Labute approximate surface area is 105 Å². The van der Waals surface area contributed by atoms with Gasteiger partial charge in [0.2, 0.25) is 0 Å². The normalized spacial score (nSPS) is 15.4. The number of aliphatic hydroxyl groups excluding tert-OH is 1. The van der Waals surface area contributed by atoms with E-state index in [4.69, 9.17) is 16.7 Å². The fourth-order valence-electron chi connectivity index (χ4n) is 1.93. The molecule has 1 heterocycles. The lowest BCUT2D eigenvalue weighted by Gasteiger charge is -2.37. The van der Waals surface area contributed by atoms with E-state index in [1.165, 1.54) is 0 Å². The Balaban J connectivity index is 2.15. The first-order chi connectivity index (χ1) is 8.22. The number of carbonyl (C=O) groups excluding carboxylic acids is 1. The van der Waals surface area contributed by atoms with Gasteiger partial charge >= 0.3 is 0 Å². The quantitative estimate of drug-likeness (QED) is 0.833. The van der Waals surface area contributed by atoms with E-state index in [0.717, 1.165) is 19.3 Å².